The van der Waals surface area contributed by atoms with Gasteiger partial charge in [-0.15, -0.1) is 11.3 Å². The first-order valence-electron chi connectivity index (χ1n) is 9.70. The van der Waals surface area contributed by atoms with Crippen LogP contribution in [-0.4, -0.2) is 51.0 Å². The SMILES string of the molecule is CN1CCn2c(-c3ccccc3)cnc2C12CCN(Cc1nccs1)CC2. The van der Waals surface area contributed by atoms with Crippen molar-refractivity contribution in [1.82, 2.24) is 24.3 Å². The van der Waals surface area contributed by atoms with Gasteiger partial charge in [-0.2, -0.15) is 0 Å². The second-order valence-electron chi connectivity index (χ2n) is 7.64. The zero-order chi connectivity index (χ0) is 18.3. The molecule has 1 saturated heterocycles. The van der Waals surface area contributed by atoms with Gasteiger partial charge in [0.25, 0.3) is 0 Å². The molecule has 3 aromatic rings. The van der Waals surface area contributed by atoms with Crippen LogP contribution in [0.5, 0.6) is 0 Å². The molecule has 4 heterocycles. The number of benzene rings is 1. The van der Waals surface area contributed by atoms with Gasteiger partial charge in [-0.05, 0) is 25.5 Å². The monoisotopic (exact) mass is 379 g/mol. The first-order valence-corrected chi connectivity index (χ1v) is 10.6. The van der Waals surface area contributed by atoms with E-state index >= 15 is 0 Å². The van der Waals surface area contributed by atoms with Crippen molar-refractivity contribution in [3.63, 3.8) is 0 Å². The average molecular weight is 380 g/mol. The van der Waals surface area contributed by atoms with Gasteiger partial charge in [-0.3, -0.25) is 9.80 Å². The van der Waals surface area contributed by atoms with Crippen LogP contribution in [-0.2, 0) is 18.6 Å². The number of thiazole rings is 1. The highest BCUT2D eigenvalue weighted by Crippen LogP contribution is 2.41. The van der Waals surface area contributed by atoms with E-state index in [0.29, 0.717) is 0 Å². The van der Waals surface area contributed by atoms with Gasteiger partial charge in [0, 0.05) is 37.8 Å². The molecular weight excluding hydrogens is 354 g/mol. The lowest BCUT2D eigenvalue weighted by molar-refractivity contribution is 0.00699. The molecule has 0 radical (unpaired) electrons. The van der Waals surface area contributed by atoms with E-state index in [1.54, 1.807) is 11.3 Å². The first kappa shape index (κ1) is 17.1. The van der Waals surface area contributed by atoms with Gasteiger partial charge in [0.05, 0.1) is 24.0 Å². The zero-order valence-corrected chi connectivity index (χ0v) is 16.5. The number of hydrogen-bond donors (Lipinski definition) is 0. The number of fused-ring (bicyclic) bond motifs is 2. The summed E-state index contributed by atoms with van der Waals surface area (Å²) in [6.45, 7) is 5.26. The van der Waals surface area contributed by atoms with Crippen molar-refractivity contribution in [2.75, 3.05) is 26.7 Å². The molecular formula is C21H25N5S. The third kappa shape index (κ3) is 2.92. The largest absolute Gasteiger partial charge is 0.325 e. The van der Waals surface area contributed by atoms with Crippen molar-refractivity contribution in [2.24, 2.45) is 0 Å². The van der Waals surface area contributed by atoms with E-state index < -0.39 is 0 Å². The maximum absolute atomic E-state index is 4.95. The van der Waals surface area contributed by atoms with Crippen LogP contribution in [0.25, 0.3) is 11.3 Å². The number of piperidine rings is 1. The molecule has 140 valence electrons. The van der Waals surface area contributed by atoms with Gasteiger partial charge < -0.3 is 4.57 Å². The number of rotatable bonds is 3. The molecule has 2 aliphatic heterocycles. The molecule has 0 amide bonds. The summed E-state index contributed by atoms with van der Waals surface area (Å²) in [5.41, 5.74) is 2.57. The molecule has 2 aliphatic rings. The summed E-state index contributed by atoms with van der Waals surface area (Å²) in [7, 11) is 2.27. The Hall–Kier alpha value is -2.02. The first-order chi connectivity index (χ1) is 13.3. The van der Waals surface area contributed by atoms with E-state index in [4.69, 9.17) is 4.98 Å². The van der Waals surface area contributed by atoms with E-state index in [-0.39, 0.29) is 5.54 Å². The Morgan fingerprint density at radius 3 is 2.59 bits per heavy atom. The summed E-state index contributed by atoms with van der Waals surface area (Å²) in [6.07, 6.45) is 6.23. The van der Waals surface area contributed by atoms with E-state index in [2.05, 4.69) is 68.3 Å². The summed E-state index contributed by atoms with van der Waals surface area (Å²) >= 11 is 1.75. The summed E-state index contributed by atoms with van der Waals surface area (Å²) in [6, 6.07) is 10.7. The van der Waals surface area contributed by atoms with Crippen molar-refractivity contribution in [3.8, 4) is 11.3 Å². The fourth-order valence-corrected chi connectivity index (χ4v) is 5.31. The normalized spacial score (nSPS) is 20.0. The van der Waals surface area contributed by atoms with E-state index in [9.17, 15) is 0 Å². The molecule has 0 bridgehead atoms. The van der Waals surface area contributed by atoms with Crippen molar-refractivity contribution in [3.05, 3.63) is 58.9 Å². The number of aromatic nitrogens is 3. The fraction of sp³-hybridized carbons (Fsp3) is 0.429. The lowest BCUT2D eigenvalue weighted by atomic mass is 9.83. The average Bonchev–Trinajstić information content (AvgIpc) is 3.37. The van der Waals surface area contributed by atoms with Crippen LogP contribution in [0.2, 0.25) is 0 Å². The van der Waals surface area contributed by atoms with Gasteiger partial charge in [-0.1, -0.05) is 30.3 Å². The molecule has 0 N–H and O–H groups in total. The Labute approximate surface area is 164 Å². The fourth-order valence-electron chi connectivity index (χ4n) is 4.66. The predicted octanol–water partition coefficient (Wildman–Crippen LogP) is 3.44. The standard InChI is InChI=1S/C21H25N5S/c1-24-12-13-26-18(17-5-3-2-4-6-17)15-23-20(26)21(24)7-10-25(11-8-21)16-19-22-9-14-27-19/h2-6,9,14-15H,7-8,10-13,16H2,1H3. The molecule has 6 heteroatoms. The zero-order valence-electron chi connectivity index (χ0n) is 15.7. The number of imidazole rings is 1. The molecule has 5 rings (SSSR count). The van der Waals surface area contributed by atoms with Crippen LogP contribution in [0, 0.1) is 0 Å². The van der Waals surface area contributed by atoms with Crippen LogP contribution in [0.3, 0.4) is 0 Å². The minimum Gasteiger partial charge on any atom is -0.325 e. The lowest BCUT2D eigenvalue weighted by Gasteiger charge is -2.49. The summed E-state index contributed by atoms with van der Waals surface area (Å²) in [5.74, 6) is 1.25. The number of likely N-dealkylation sites (tertiary alicyclic amines) is 1. The maximum atomic E-state index is 4.95. The van der Waals surface area contributed by atoms with Crippen molar-refractivity contribution >= 4 is 11.3 Å². The molecule has 2 aromatic heterocycles. The molecule has 0 aliphatic carbocycles. The predicted molar refractivity (Wildman–Crippen MR) is 109 cm³/mol. The van der Waals surface area contributed by atoms with E-state index in [1.807, 2.05) is 6.20 Å². The summed E-state index contributed by atoms with van der Waals surface area (Å²) in [4.78, 5) is 14.5. The van der Waals surface area contributed by atoms with Crippen molar-refractivity contribution in [2.45, 2.75) is 31.5 Å². The summed E-state index contributed by atoms with van der Waals surface area (Å²) in [5, 5.41) is 3.29. The highest BCUT2D eigenvalue weighted by atomic mass is 32.1. The van der Waals surface area contributed by atoms with Gasteiger partial charge in [-0.25, -0.2) is 9.97 Å². The molecule has 1 aromatic carbocycles. The second-order valence-corrected chi connectivity index (χ2v) is 8.62. The smallest absolute Gasteiger partial charge is 0.129 e. The van der Waals surface area contributed by atoms with Gasteiger partial charge in [0.15, 0.2) is 0 Å². The molecule has 27 heavy (non-hydrogen) atoms. The Balaban J connectivity index is 1.42. The van der Waals surface area contributed by atoms with E-state index in [1.165, 1.54) is 22.1 Å². The molecule has 1 spiro atoms. The number of nitrogens with zero attached hydrogens (tertiary/aromatic N) is 5. The molecule has 0 atom stereocenters. The van der Waals surface area contributed by atoms with Crippen molar-refractivity contribution in [1.29, 1.82) is 0 Å². The van der Waals surface area contributed by atoms with E-state index in [0.717, 1.165) is 45.6 Å². The second kappa shape index (κ2) is 6.86. The van der Waals surface area contributed by atoms with Crippen LogP contribution < -0.4 is 0 Å². The highest BCUT2D eigenvalue weighted by Gasteiger charge is 2.45. The highest BCUT2D eigenvalue weighted by molar-refractivity contribution is 7.09. The Morgan fingerprint density at radius 1 is 1.04 bits per heavy atom. The molecule has 1 fully saturated rings. The van der Waals surface area contributed by atoms with Crippen LogP contribution in [0.15, 0.2) is 48.1 Å². The third-order valence-corrected chi connectivity index (χ3v) is 7.02. The Bertz CT molecular complexity index is 894. The summed E-state index contributed by atoms with van der Waals surface area (Å²) < 4.78 is 2.46. The van der Waals surface area contributed by atoms with Crippen molar-refractivity contribution < 1.29 is 0 Å². The lowest BCUT2D eigenvalue weighted by Crippen LogP contribution is -2.56. The van der Waals surface area contributed by atoms with Crippen LogP contribution in [0.1, 0.15) is 23.7 Å². The number of hydrogen-bond acceptors (Lipinski definition) is 5. The Kier molecular flexibility index (Phi) is 4.34. The van der Waals surface area contributed by atoms with Gasteiger partial charge in [0.2, 0.25) is 0 Å². The maximum Gasteiger partial charge on any atom is 0.129 e. The minimum absolute atomic E-state index is 0.0602. The van der Waals surface area contributed by atoms with Gasteiger partial charge in [0.1, 0.15) is 10.8 Å². The van der Waals surface area contributed by atoms with Crippen LogP contribution >= 0.6 is 11.3 Å². The van der Waals surface area contributed by atoms with Crippen LogP contribution in [0.4, 0.5) is 0 Å². The minimum atomic E-state index is 0.0602. The molecule has 0 unspecified atom stereocenters. The topological polar surface area (TPSA) is 37.2 Å². The quantitative estimate of drug-likeness (QED) is 0.699. The number of likely N-dealkylation sites (N-methyl/N-ethyl adjacent to an activating group) is 1. The van der Waals surface area contributed by atoms with Gasteiger partial charge >= 0.3 is 0 Å². The molecule has 5 nitrogen and oxygen atoms in total. The molecule has 0 saturated carbocycles. The Morgan fingerprint density at radius 2 is 1.85 bits per heavy atom. The third-order valence-electron chi connectivity index (χ3n) is 6.26.